The molecule has 1 aromatic rings. The van der Waals surface area contributed by atoms with Crippen LogP contribution >= 0.6 is 11.8 Å². The van der Waals surface area contributed by atoms with E-state index in [2.05, 4.69) is 10.0 Å². The summed E-state index contributed by atoms with van der Waals surface area (Å²) in [7, 11) is 0. The summed E-state index contributed by atoms with van der Waals surface area (Å²) in [6.45, 7) is 3.99. The Bertz CT molecular complexity index is 945. The largest absolute Gasteiger partial charge is 0.463 e. The van der Waals surface area contributed by atoms with Crippen molar-refractivity contribution in [2.24, 2.45) is 5.11 Å². The van der Waals surface area contributed by atoms with Crippen molar-refractivity contribution < 1.29 is 33.4 Å². The molecule has 2 heterocycles. The molecule has 32 heavy (non-hydrogen) atoms. The van der Waals surface area contributed by atoms with Crippen molar-refractivity contribution in [1.82, 2.24) is 4.90 Å². The number of azide groups is 1. The van der Waals surface area contributed by atoms with E-state index in [-0.39, 0.29) is 17.7 Å². The van der Waals surface area contributed by atoms with Gasteiger partial charge in [0.25, 0.3) is 11.8 Å². The third-order valence-corrected chi connectivity index (χ3v) is 6.09. The van der Waals surface area contributed by atoms with Gasteiger partial charge in [-0.15, -0.1) is 11.8 Å². The number of carbonyl (C=O) groups excluding carboxylic acids is 4. The molecule has 1 aromatic carbocycles. The van der Waals surface area contributed by atoms with Crippen LogP contribution in [0.4, 0.5) is 0 Å². The Hall–Kier alpha value is -3.08. The molecule has 2 aliphatic heterocycles. The minimum absolute atomic E-state index is 0.224. The van der Waals surface area contributed by atoms with Crippen molar-refractivity contribution in [3.05, 3.63) is 45.8 Å². The lowest BCUT2D eigenvalue weighted by Gasteiger charge is -2.46. The Morgan fingerprint density at radius 1 is 1.19 bits per heavy atom. The van der Waals surface area contributed by atoms with Gasteiger partial charge in [0.1, 0.15) is 36.3 Å². The molecule has 3 unspecified atom stereocenters. The molecule has 1 saturated heterocycles. The molecule has 11 nitrogen and oxygen atoms in total. The van der Waals surface area contributed by atoms with E-state index < -0.39 is 53.5 Å². The SMILES string of the molecule is CCS[C@@H]1OC(COC(C)=O)C(N=[N+]=[N-])[C@H](OC(C)=O)C1N1C(=O)c2ccccc2C1=O. The number of hydrogen-bond donors (Lipinski definition) is 0. The molecule has 3 rings (SSSR count). The first kappa shape index (κ1) is 23.6. The molecule has 0 radical (unpaired) electrons. The number of amides is 2. The highest BCUT2D eigenvalue weighted by molar-refractivity contribution is 7.99. The number of carbonyl (C=O) groups is 4. The minimum atomic E-state index is -1.20. The van der Waals surface area contributed by atoms with Crippen molar-refractivity contribution in [3.8, 4) is 0 Å². The van der Waals surface area contributed by atoms with E-state index in [0.29, 0.717) is 5.75 Å². The molecule has 2 aliphatic rings. The first-order valence-electron chi connectivity index (χ1n) is 9.88. The Balaban J connectivity index is 2.07. The van der Waals surface area contributed by atoms with Gasteiger partial charge in [-0.3, -0.25) is 24.1 Å². The van der Waals surface area contributed by atoms with Gasteiger partial charge in [0.2, 0.25) is 0 Å². The van der Waals surface area contributed by atoms with Crippen LogP contribution in [0.25, 0.3) is 10.4 Å². The van der Waals surface area contributed by atoms with Gasteiger partial charge in [-0.2, -0.15) is 0 Å². The molecule has 12 heteroatoms. The minimum Gasteiger partial charge on any atom is -0.463 e. The lowest BCUT2D eigenvalue weighted by atomic mass is 9.94. The van der Waals surface area contributed by atoms with Crippen molar-refractivity contribution in [2.75, 3.05) is 12.4 Å². The Labute approximate surface area is 188 Å². The van der Waals surface area contributed by atoms with E-state index in [9.17, 15) is 19.2 Å². The van der Waals surface area contributed by atoms with Crippen LogP contribution in [0.15, 0.2) is 29.4 Å². The number of imide groups is 1. The van der Waals surface area contributed by atoms with Crippen molar-refractivity contribution in [1.29, 1.82) is 0 Å². The predicted molar refractivity (Wildman–Crippen MR) is 113 cm³/mol. The van der Waals surface area contributed by atoms with Crippen LogP contribution in [0.5, 0.6) is 0 Å². The average molecular weight is 462 g/mol. The van der Waals surface area contributed by atoms with Crippen LogP contribution in [-0.4, -0.2) is 70.7 Å². The van der Waals surface area contributed by atoms with E-state index in [1.807, 2.05) is 6.92 Å². The first-order valence-corrected chi connectivity index (χ1v) is 10.9. The number of ether oxygens (including phenoxy) is 3. The summed E-state index contributed by atoms with van der Waals surface area (Å²) in [6, 6.07) is 4.15. The van der Waals surface area contributed by atoms with Gasteiger partial charge >= 0.3 is 11.9 Å². The van der Waals surface area contributed by atoms with Gasteiger partial charge in [0.05, 0.1) is 11.1 Å². The highest BCUT2D eigenvalue weighted by Gasteiger charge is 2.55. The molecule has 0 bridgehead atoms. The van der Waals surface area contributed by atoms with E-state index in [1.165, 1.54) is 37.7 Å². The number of fused-ring (bicyclic) bond motifs is 1. The third kappa shape index (κ3) is 4.57. The normalized spacial score (nSPS) is 26.8. The van der Waals surface area contributed by atoms with Gasteiger partial charge in [0, 0.05) is 18.8 Å². The monoisotopic (exact) mass is 462 g/mol. The fourth-order valence-corrected chi connectivity index (χ4v) is 4.84. The Morgan fingerprint density at radius 3 is 2.31 bits per heavy atom. The first-order chi connectivity index (χ1) is 15.3. The molecule has 0 aliphatic carbocycles. The van der Waals surface area contributed by atoms with Gasteiger partial charge in [0.15, 0.2) is 0 Å². The number of benzene rings is 1. The number of hydrogen-bond acceptors (Lipinski definition) is 9. The van der Waals surface area contributed by atoms with E-state index in [0.717, 1.165) is 4.90 Å². The second-order valence-corrected chi connectivity index (χ2v) is 8.46. The molecule has 170 valence electrons. The van der Waals surface area contributed by atoms with Gasteiger partial charge in [-0.1, -0.05) is 24.2 Å². The van der Waals surface area contributed by atoms with Crippen molar-refractivity contribution in [3.63, 3.8) is 0 Å². The second-order valence-electron chi connectivity index (χ2n) is 7.09. The van der Waals surface area contributed by atoms with Gasteiger partial charge < -0.3 is 14.2 Å². The molecule has 0 N–H and O–H groups in total. The summed E-state index contributed by atoms with van der Waals surface area (Å²) in [4.78, 5) is 53.5. The fraction of sp³-hybridized carbons (Fsp3) is 0.500. The number of esters is 2. The molecule has 0 aromatic heterocycles. The van der Waals surface area contributed by atoms with Crippen LogP contribution in [0, 0.1) is 0 Å². The zero-order valence-corrected chi connectivity index (χ0v) is 18.5. The molecule has 0 saturated carbocycles. The van der Waals surface area contributed by atoms with E-state index in [1.54, 1.807) is 12.1 Å². The summed E-state index contributed by atoms with van der Waals surface area (Å²) < 4.78 is 16.6. The number of rotatable bonds is 7. The quantitative estimate of drug-likeness (QED) is 0.197. The zero-order chi connectivity index (χ0) is 23.4. The van der Waals surface area contributed by atoms with Crippen molar-refractivity contribution in [2.45, 2.75) is 50.5 Å². The van der Waals surface area contributed by atoms with Crippen LogP contribution in [-0.2, 0) is 23.8 Å². The maximum absolute atomic E-state index is 13.2. The van der Waals surface area contributed by atoms with Crippen LogP contribution in [0.3, 0.4) is 0 Å². The van der Waals surface area contributed by atoms with E-state index >= 15 is 0 Å². The lowest BCUT2D eigenvalue weighted by molar-refractivity contribution is -0.175. The Kier molecular flexibility index (Phi) is 7.39. The summed E-state index contributed by atoms with van der Waals surface area (Å²) in [5.41, 5.74) is 8.76. The number of thioether (sulfide) groups is 1. The highest BCUT2D eigenvalue weighted by Crippen LogP contribution is 2.38. The van der Waals surface area contributed by atoms with Crippen LogP contribution in [0.2, 0.25) is 0 Å². The second kappa shape index (κ2) is 10.0. The highest BCUT2D eigenvalue weighted by atomic mass is 32.2. The standard InChI is InChI=1S/C20H22N4O7S/c1-4-32-20-16(24-18(27)12-7-5-6-8-13(12)19(24)28)17(30-11(3)26)15(22-23-21)14(31-20)9-29-10(2)25/h5-8,14-17,20H,4,9H2,1-3H3/t14?,15?,16?,17-,20-/m0/s1. The lowest BCUT2D eigenvalue weighted by Crippen LogP contribution is -2.65. The van der Waals surface area contributed by atoms with Crippen LogP contribution < -0.4 is 0 Å². The topological polar surface area (TPSA) is 148 Å². The molecular weight excluding hydrogens is 440 g/mol. The van der Waals surface area contributed by atoms with Gasteiger partial charge in [-0.25, -0.2) is 0 Å². The maximum atomic E-state index is 13.2. The summed E-state index contributed by atoms with van der Waals surface area (Å²) in [6.07, 6.45) is -2.15. The fourth-order valence-electron chi connectivity index (χ4n) is 3.82. The van der Waals surface area contributed by atoms with Crippen LogP contribution in [0.1, 0.15) is 41.5 Å². The zero-order valence-electron chi connectivity index (χ0n) is 17.7. The average Bonchev–Trinajstić information content (AvgIpc) is 2.99. The maximum Gasteiger partial charge on any atom is 0.302 e. The smallest absolute Gasteiger partial charge is 0.302 e. The van der Waals surface area contributed by atoms with Crippen molar-refractivity contribution >= 4 is 35.5 Å². The molecule has 0 spiro atoms. The molecule has 1 fully saturated rings. The summed E-state index contributed by atoms with van der Waals surface area (Å²) in [5, 5.41) is 3.72. The Morgan fingerprint density at radius 2 is 1.81 bits per heavy atom. The molecule has 5 atom stereocenters. The predicted octanol–water partition coefficient (Wildman–Crippen LogP) is 2.30. The van der Waals surface area contributed by atoms with E-state index in [4.69, 9.17) is 19.7 Å². The molecular formula is C20H22N4O7S. The molecule has 2 amide bonds. The number of nitrogens with zero attached hydrogens (tertiary/aromatic N) is 4. The summed E-state index contributed by atoms with van der Waals surface area (Å²) in [5.74, 6) is -1.83. The van der Waals surface area contributed by atoms with Gasteiger partial charge in [-0.05, 0) is 23.4 Å². The summed E-state index contributed by atoms with van der Waals surface area (Å²) >= 11 is 1.28. The third-order valence-electron chi connectivity index (χ3n) is 5.03.